The van der Waals surface area contributed by atoms with E-state index >= 15 is 0 Å². The van der Waals surface area contributed by atoms with Gasteiger partial charge in [0.25, 0.3) is 0 Å². The van der Waals surface area contributed by atoms with Gasteiger partial charge in [-0.2, -0.15) is 0 Å². The third-order valence-electron chi connectivity index (χ3n) is 4.09. The maximum Gasteiger partial charge on any atom is 0.0648 e. The molecule has 100 valence electrons. The number of aryl methyl sites for hydroxylation is 1. The van der Waals surface area contributed by atoms with E-state index in [0.717, 1.165) is 13.1 Å². The number of rotatable bonds is 2. The summed E-state index contributed by atoms with van der Waals surface area (Å²) >= 11 is 0. The van der Waals surface area contributed by atoms with Gasteiger partial charge >= 0.3 is 0 Å². The SMILES string of the molecule is Cc1ccc(N2CC(C)(C)N(C)CC2CO)cc1. The molecule has 1 aromatic rings. The molecular formula is C15H24N2O. The van der Waals surface area contributed by atoms with Crippen LogP contribution in [0.1, 0.15) is 19.4 Å². The third-order valence-corrected chi connectivity index (χ3v) is 4.09. The first kappa shape index (κ1) is 13.4. The second kappa shape index (κ2) is 4.90. The first-order valence-corrected chi connectivity index (χ1v) is 6.59. The Morgan fingerprint density at radius 2 is 1.89 bits per heavy atom. The van der Waals surface area contributed by atoms with Crippen molar-refractivity contribution in [3.63, 3.8) is 0 Å². The summed E-state index contributed by atoms with van der Waals surface area (Å²) in [7, 11) is 2.13. The summed E-state index contributed by atoms with van der Waals surface area (Å²) in [6.45, 7) is 8.65. The maximum atomic E-state index is 9.60. The highest BCUT2D eigenvalue weighted by atomic mass is 16.3. The monoisotopic (exact) mass is 248 g/mol. The van der Waals surface area contributed by atoms with Gasteiger partial charge in [-0.1, -0.05) is 17.7 Å². The lowest BCUT2D eigenvalue weighted by Gasteiger charge is -2.50. The Balaban J connectivity index is 2.26. The van der Waals surface area contributed by atoms with E-state index in [2.05, 4.69) is 61.9 Å². The third kappa shape index (κ3) is 2.52. The van der Waals surface area contributed by atoms with Crippen molar-refractivity contribution >= 4 is 5.69 Å². The van der Waals surface area contributed by atoms with Crippen LogP contribution in [0.4, 0.5) is 5.69 Å². The molecule has 1 saturated heterocycles. The predicted molar refractivity (Wildman–Crippen MR) is 76.1 cm³/mol. The number of hydrogen-bond donors (Lipinski definition) is 1. The lowest BCUT2D eigenvalue weighted by Crippen LogP contribution is -2.63. The highest BCUT2D eigenvalue weighted by Gasteiger charge is 2.36. The minimum Gasteiger partial charge on any atom is -0.394 e. The molecule has 0 amide bonds. The number of hydrogen-bond acceptors (Lipinski definition) is 3. The molecule has 3 nitrogen and oxygen atoms in total. The smallest absolute Gasteiger partial charge is 0.0648 e. The molecule has 1 aromatic carbocycles. The summed E-state index contributed by atoms with van der Waals surface area (Å²) in [5, 5.41) is 9.60. The molecule has 2 rings (SSSR count). The topological polar surface area (TPSA) is 26.7 Å². The van der Waals surface area contributed by atoms with Crippen LogP contribution in [0.2, 0.25) is 0 Å². The molecule has 1 N–H and O–H groups in total. The average Bonchev–Trinajstić information content (AvgIpc) is 2.33. The number of likely N-dealkylation sites (N-methyl/N-ethyl adjacent to an activating group) is 1. The van der Waals surface area contributed by atoms with Crippen molar-refractivity contribution in [1.29, 1.82) is 0 Å². The number of aliphatic hydroxyl groups excluding tert-OH is 1. The first-order valence-electron chi connectivity index (χ1n) is 6.59. The summed E-state index contributed by atoms with van der Waals surface area (Å²) in [6.07, 6.45) is 0. The predicted octanol–water partition coefficient (Wildman–Crippen LogP) is 1.89. The van der Waals surface area contributed by atoms with Crippen LogP contribution in [-0.2, 0) is 0 Å². The zero-order chi connectivity index (χ0) is 13.3. The fourth-order valence-electron chi connectivity index (χ4n) is 2.52. The van der Waals surface area contributed by atoms with Gasteiger partial charge in [0.1, 0.15) is 0 Å². The molecule has 1 heterocycles. The molecule has 0 spiro atoms. The Bertz CT molecular complexity index is 399. The average molecular weight is 248 g/mol. The molecule has 0 aliphatic carbocycles. The Kier molecular flexibility index (Phi) is 3.64. The van der Waals surface area contributed by atoms with E-state index in [9.17, 15) is 5.11 Å². The van der Waals surface area contributed by atoms with Gasteiger partial charge in [-0.25, -0.2) is 0 Å². The lowest BCUT2D eigenvalue weighted by molar-refractivity contribution is 0.0932. The van der Waals surface area contributed by atoms with Crippen molar-refractivity contribution in [1.82, 2.24) is 4.90 Å². The van der Waals surface area contributed by atoms with Crippen LogP contribution < -0.4 is 4.90 Å². The number of piperazine rings is 1. The summed E-state index contributed by atoms with van der Waals surface area (Å²) in [6, 6.07) is 8.76. The molecule has 3 heteroatoms. The van der Waals surface area contributed by atoms with Crippen molar-refractivity contribution in [2.24, 2.45) is 0 Å². The second-order valence-electron chi connectivity index (χ2n) is 5.99. The zero-order valence-electron chi connectivity index (χ0n) is 11.8. The van der Waals surface area contributed by atoms with Crippen molar-refractivity contribution in [2.45, 2.75) is 32.4 Å². The van der Waals surface area contributed by atoms with Crippen LogP contribution in [0.3, 0.4) is 0 Å². The van der Waals surface area contributed by atoms with Crippen LogP contribution in [0, 0.1) is 6.92 Å². The van der Waals surface area contributed by atoms with Gasteiger partial charge in [0.15, 0.2) is 0 Å². The van der Waals surface area contributed by atoms with Gasteiger partial charge in [-0.3, -0.25) is 4.90 Å². The number of anilines is 1. The van der Waals surface area contributed by atoms with E-state index in [0.29, 0.717) is 0 Å². The highest BCUT2D eigenvalue weighted by molar-refractivity contribution is 5.49. The summed E-state index contributed by atoms with van der Waals surface area (Å²) < 4.78 is 0. The van der Waals surface area contributed by atoms with Crippen molar-refractivity contribution < 1.29 is 5.11 Å². The van der Waals surface area contributed by atoms with Crippen molar-refractivity contribution in [3.05, 3.63) is 29.8 Å². The van der Waals surface area contributed by atoms with E-state index in [1.807, 2.05) is 0 Å². The zero-order valence-corrected chi connectivity index (χ0v) is 11.8. The molecule has 0 saturated carbocycles. The number of aliphatic hydroxyl groups is 1. The van der Waals surface area contributed by atoms with Gasteiger partial charge in [-0.05, 0) is 40.0 Å². The molecule has 0 radical (unpaired) electrons. The van der Waals surface area contributed by atoms with E-state index in [4.69, 9.17) is 0 Å². The summed E-state index contributed by atoms with van der Waals surface area (Å²) in [5.41, 5.74) is 2.62. The molecule has 1 aliphatic heterocycles. The minimum absolute atomic E-state index is 0.135. The maximum absolute atomic E-state index is 9.60. The van der Waals surface area contributed by atoms with E-state index in [1.54, 1.807) is 0 Å². The highest BCUT2D eigenvalue weighted by Crippen LogP contribution is 2.28. The largest absolute Gasteiger partial charge is 0.394 e. The first-order chi connectivity index (χ1) is 8.44. The van der Waals surface area contributed by atoms with Gasteiger partial charge in [0, 0.05) is 24.3 Å². The fraction of sp³-hybridized carbons (Fsp3) is 0.600. The Labute approximate surface area is 110 Å². The van der Waals surface area contributed by atoms with Gasteiger partial charge < -0.3 is 10.0 Å². The molecule has 0 aromatic heterocycles. The normalized spacial score (nSPS) is 24.3. The molecule has 1 aliphatic rings. The number of benzene rings is 1. The van der Waals surface area contributed by atoms with Gasteiger partial charge in [-0.15, -0.1) is 0 Å². The summed E-state index contributed by atoms with van der Waals surface area (Å²) in [4.78, 5) is 4.66. The van der Waals surface area contributed by atoms with Gasteiger partial charge in [0.05, 0.1) is 12.6 Å². The van der Waals surface area contributed by atoms with Crippen LogP contribution in [0.25, 0.3) is 0 Å². The Morgan fingerprint density at radius 1 is 1.28 bits per heavy atom. The summed E-state index contributed by atoms with van der Waals surface area (Å²) in [5.74, 6) is 0. The van der Waals surface area contributed by atoms with E-state index < -0.39 is 0 Å². The van der Waals surface area contributed by atoms with Crippen LogP contribution >= 0.6 is 0 Å². The van der Waals surface area contributed by atoms with Crippen molar-refractivity contribution in [2.75, 3.05) is 31.6 Å². The van der Waals surface area contributed by atoms with E-state index in [1.165, 1.54) is 11.3 Å². The quantitative estimate of drug-likeness (QED) is 0.866. The molecule has 1 fully saturated rings. The minimum atomic E-state index is 0.135. The second-order valence-corrected chi connectivity index (χ2v) is 5.99. The number of nitrogens with zero attached hydrogens (tertiary/aromatic N) is 2. The Morgan fingerprint density at radius 3 is 2.44 bits per heavy atom. The fourth-order valence-corrected chi connectivity index (χ4v) is 2.52. The molecule has 1 atom stereocenters. The molecule has 0 bridgehead atoms. The van der Waals surface area contributed by atoms with Gasteiger partial charge in [0.2, 0.25) is 0 Å². The van der Waals surface area contributed by atoms with E-state index in [-0.39, 0.29) is 18.2 Å². The molecule has 1 unspecified atom stereocenters. The molecular weight excluding hydrogens is 224 g/mol. The lowest BCUT2D eigenvalue weighted by atomic mass is 9.95. The van der Waals surface area contributed by atoms with Crippen LogP contribution in [0.15, 0.2) is 24.3 Å². The molecule has 18 heavy (non-hydrogen) atoms. The van der Waals surface area contributed by atoms with Crippen LogP contribution in [-0.4, -0.2) is 48.3 Å². The standard InChI is InChI=1S/C15H24N2O/c1-12-5-7-13(8-6-12)17-11-15(2,3)16(4)9-14(17)10-18/h5-8,14,18H,9-11H2,1-4H3. The Hall–Kier alpha value is -1.06. The van der Waals surface area contributed by atoms with Crippen molar-refractivity contribution in [3.8, 4) is 0 Å². The van der Waals surface area contributed by atoms with Crippen LogP contribution in [0.5, 0.6) is 0 Å².